The van der Waals surface area contributed by atoms with Crippen molar-refractivity contribution < 1.29 is 15.8 Å². The topological polar surface area (TPSA) is 79.5 Å². The van der Waals surface area contributed by atoms with Crippen molar-refractivity contribution in [2.75, 3.05) is 6.54 Å². The molecule has 184 valence electrons. The predicted molar refractivity (Wildman–Crippen MR) is 130 cm³/mol. The third-order valence-electron chi connectivity index (χ3n) is 11.0. The maximum absolute atomic E-state index is 7.05. The minimum Gasteiger partial charge on any atom is -0.368 e. The highest BCUT2D eigenvalue weighted by atomic mass is 16.5. The second-order valence-corrected chi connectivity index (χ2v) is 13.5. The molecular formula is C28H53N3O+2. The van der Waals surface area contributed by atoms with E-state index in [0.29, 0.717) is 18.1 Å². The summed E-state index contributed by atoms with van der Waals surface area (Å²) in [5.74, 6) is 5.18. The van der Waals surface area contributed by atoms with E-state index in [0.717, 1.165) is 29.6 Å². The molecule has 2 unspecified atom stereocenters. The molecule has 3 aliphatic heterocycles. The van der Waals surface area contributed by atoms with E-state index in [-0.39, 0.29) is 11.2 Å². The number of nitrogens with two attached hydrogens (primary N) is 2. The molecule has 7 N–H and O–H groups in total. The van der Waals surface area contributed by atoms with Crippen LogP contribution in [0, 0.1) is 35.5 Å². The normalized spacial score (nSPS) is 47.4. The van der Waals surface area contributed by atoms with Crippen molar-refractivity contribution in [3.63, 3.8) is 0 Å². The van der Waals surface area contributed by atoms with Gasteiger partial charge >= 0.3 is 0 Å². The Kier molecular flexibility index (Phi) is 6.98. The summed E-state index contributed by atoms with van der Waals surface area (Å²) in [7, 11) is 0. The molecule has 3 saturated carbocycles. The fraction of sp³-hybridized carbons (Fsp3) is 1.00. The van der Waals surface area contributed by atoms with Gasteiger partial charge < -0.3 is 15.8 Å². The van der Waals surface area contributed by atoms with E-state index < -0.39 is 0 Å². The van der Waals surface area contributed by atoms with Gasteiger partial charge in [0.1, 0.15) is 6.17 Å². The molecule has 0 aromatic rings. The van der Waals surface area contributed by atoms with E-state index in [2.05, 4.69) is 24.9 Å². The first-order valence-electron chi connectivity index (χ1n) is 14.5. The van der Waals surface area contributed by atoms with Crippen LogP contribution < -0.4 is 16.8 Å². The fourth-order valence-corrected chi connectivity index (χ4v) is 9.31. The first kappa shape index (κ1) is 23.6. The number of rotatable bonds is 5. The zero-order valence-electron chi connectivity index (χ0n) is 21.2. The van der Waals surface area contributed by atoms with Crippen LogP contribution in [0.15, 0.2) is 0 Å². The lowest BCUT2D eigenvalue weighted by atomic mass is 9.56. The molecule has 8 atom stereocenters. The van der Waals surface area contributed by atoms with Gasteiger partial charge in [-0.2, -0.15) is 0 Å². The van der Waals surface area contributed by atoms with Gasteiger partial charge in [-0.05, 0) is 88.9 Å². The number of piperidine rings is 1. The molecule has 4 heteroatoms. The summed E-state index contributed by atoms with van der Waals surface area (Å²) < 4.78 is 7.05. The Morgan fingerprint density at radius 3 is 2.38 bits per heavy atom. The van der Waals surface area contributed by atoms with Gasteiger partial charge in [-0.15, -0.1) is 0 Å². The summed E-state index contributed by atoms with van der Waals surface area (Å²) in [4.78, 5) is 0. The van der Waals surface area contributed by atoms with Gasteiger partial charge in [-0.25, -0.2) is 0 Å². The van der Waals surface area contributed by atoms with Crippen LogP contribution in [0.1, 0.15) is 110 Å². The van der Waals surface area contributed by atoms with Crippen molar-refractivity contribution in [2.24, 2.45) is 41.2 Å². The lowest BCUT2D eigenvalue weighted by Crippen LogP contribution is -2.95. The average Bonchev–Trinajstić information content (AvgIpc) is 2.76. The highest BCUT2D eigenvalue weighted by Gasteiger charge is 2.59. The Morgan fingerprint density at radius 1 is 0.906 bits per heavy atom. The Labute approximate surface area is 197 Å². The summed E-state index contributed by atoms with van der Waals surface area (Å²) >= 11 is 0. The highest BCUT2D eigenvalue weighted by molar-refractivity contribution is 5.07. The summed E-state index contributed by atoms with van der Waals surface area (Å²) in [6, 6.07) is 0.584. The number of fused-ring (bicyclic) bond motifs is 3. The van der Waals surface area contributed by atoms with Gasteiger partial charge in [0, 0.05) is 24.7 Å². The smallest absolute Gasteiger partial charge is 0.137 e. The molecule has 3 aliphatic carbocycles. The summed E-state index contributed by atoms with van der Waals surface area (Å²) in [6.07, 6.45) is 21.5. The molecular weight excluding hydrogens is 394 g/mol. The molecule has 0 spiro atoms. The second-order valence-electron chi connectivity index (χ2n) is 13.5. The van der Waals surface area contributed by atoms with Crippen LogP contribution in [-0.4, -0.2) is 30.0 Å². The van der Waals surface area contributed by atoms with Crippen molar-refractivity contribution in [1.82, 2.24) is 0 Å². The molecule has 0 aromatic carbocycles. The van der Waals surface area contributed by atoms with E-state index in [1.54, 1.807) is 0 Å². The largest absolute Gasteiger partial charge is 0.368 e. The maximum Gasteiger partial charge on any atom is 0.137 e. The lowest BCUT2D eigenvalue weighted by Gasteiger charge is -2.60. The lowest BCUT2D eigenvalue weighted by molar-refractivity contribution is -0.703. The molecule has 0 aromatic heterocycles. The molecule has 3 saturated heterocycles. The quantitative estimate of drug-likeness (QED) is 0.602. The van der Waals surface area contributed by atoms with E-state index in [4.69, 9.17) is 10.5 Å². The van der Waals surface area contributed by atoms with Crippen molar-refractivity contribution in [1.29, 1.82) is 0 Å². The minimum atomic E-state index is 0.0197. The zero-order chi connectivity index (χ0) is 22.3. The van der Waals surface area contributed by atoms with Crippen LogP contribution in [0.25, 0.3) is 0 Å². The summed E-state index contributed by atoms with van der Waals surface area (Å²) in [5, 5.41) is 2.42. The number of ether oxygens (including phenoxy) is 1. The monoisotopic (exact) mass is 447 g/mol. The van der Waals surface area contributed by atoms with Crippen LogP contribution >= 0.6 is 0 Å². The van der Waals surface area contributed by atoms with E-state index in [1.165, 1.54) is 103 Å². The van der Waals surface area contributed by atoms with Crippen molar-refractivity contribution in [3.05, 3.63) is 0 Å². The molecule has 2 bridgehead atoms. The van der Waals surface area contributed by atoms with E-state index in [9.17, 15) is 0 Å². The number of hydrogen-bond acceptors (Lipinski definition) is 2. The van der Waals surface area contributed by atoms with E-state index >= 15 is 0 Å². The predicted octanol–water partition coefficient (Wildman–Crippen LogP) is 3.60. The Morgan fingerprint density at radius 2 is 1.69 bits per heavy atom. The Hall–Kier alpha value is -0.160. The zero-order valence-corrected chi connectivity index (χ0v) is 21.2. The van der Waals surface area contributed by atoms with Crippen LogP contribution in [0.3, 0.4) is 0 Å². The summed E-state index contributed by atoms with van der Waals surface area (Å²) in [6.45, 7) is 5.97. The SMILES string of the molecule is CC1(C)O[C@@]2([C@H]3CC[C@@H](CC4CCCCC4)[C@H](CC4CCC(N)[NH2+]C4)C3)CC[C@H]1[C@@H]([NH3+])C2. The average molecular weight is 448 g/mol. The molecule has 32 heavy (non-hydrogen) atoms. The Balaban J connectivity index is 1.30. The van der Waals surface area contributed by atoms with Crippen LogP contribution in [0.2, 0.25) is 0 Å². The minimum absolute atomic E-state index is 0.0197. The van der Waals surface area contributed by atoms with Crippen LogP contribution in [-0.2, 0) is 4.74 Å². The van der Waals surface area contributed by atoms with Crippen molar-refractivity contribution in [3.8, 4) is 0 Å². The molecule has 0 radical (unpaired) electrons. The second kappa shape index (κ2) is 9.47. The van der Waals surface area contributed by atoms with E-state index in [1.807, 2.05) is 0 Å². The van der Waals surface area contributed by atoms with Crippen LogP contribution in [0.5, 0.6) is 0 Å². The first-order chi connectivity index (χ1) is 15.3. The first-order valence-corrected chi connectivity index (χ1v) is 14.5. The third kappa shape index (κ3) is 4.81. The van der Waals surface area contributed by atoms with Gasteiger partial charge in [0.05, 0.1) is 23.8 Å². The van der Waals surface area contributed by atoms with Gasteiger partial charge in [0.2, 0.25) is 0 Å². The van der Waals surface area contributed by atoms with Gasteiger partial charge in [0.15, 0.2) is 0 Å². The third-order valence-corrected chi connectivity index (χ3v) is 11.0. The molecule has 6 fully saturated rings. The number of hydrogen-bond donors (Lipinski definition) is 3. The summed E-state index contributed by atoms with van der Waals surface area (Å²) in [5.41, 5.74) is 11.0. The van der Waals surface area contributed by atoms with Crippen molar-refractivity contribution in [2.45, 2.75) is 134 Å². The van der Waals surface area contributed by atoms with Crippen molar-refractivity contribution >= 4 is 0 Å². The maximum atomic E-state index is 7.05. The van der Waals surface area contributed by atoms with Crippen LogP contribution in [0.4, 0.5) is 0 Å². The molecule has 0 amide bonds. The van der Waals surface area contributed by atoms with Gasteiger partial charge in [0.25, 0.3) is 0 Å². The molecule has 3 heterocycles. The van der Waals surface area contributed by atoms with Gasteiger partial charge in [-0.1, -0.05) is 32.1 Å². The van der Waals surface area contributed by atoms with Gasteiger partial charge in [-0.3, -0.25) is 5.73 Å². The number of quaternary nitrogens is 2. The highest BCUT2D eigenvalue weighted by Crippen LogP contribution is 2.56. The molecule has 6 aliphatic rings. The fourth-order valence-electron chi connectivity index (χ4n) is 9.31. The Bertz CT molecular complexity index is 624. The molecule has 6 rings (SSSR count). The standard InChI is InChI=1S/C28H51N3O/c1-27(2)24-12-13-28(32-27,17-25(24)29)23-10-9-21(14-19-6-4-3-5-7-19)22(16-23)15-20-8-11-26(30)31-18-20/h19-26,31H,3-18,29-30H2,1-2H3/p+2/t20?,21-,22+,23-,24-,25-,26?,28-/m0/s1. The molecule has 4 nitrogen and oxygen atoms in total.